The molecule has 4 rings (SSSR count). The second-order valence-corrected chi connectivity index (χ2v) is 11.4. The van der Waals surface area contributed by atoms with E-state index < -0.39 is 11.7 Å². The predicted octanol–water partition coefficient (Wildman–Crippen LogP) is 7.93. The molecule has 3 aromatic rings. The monoisotopic (exact) mass is 521 g/mol. The highest BCUT2D eigenvalue weighted by Crippen LogP contribution is 2.33. The molecule has 0 unspecified atom stereocenters. The fourth-order valence-corrected chi connectivity index (χ4v) is 5.15. The Bertz CT molecular complexity index is 1240. The normalized spacial score (nSPS) is 16.5. The van der Waals surface area contributed by atoms with Crippen molar-refractivity contribution in [2.75, 3.05) is 6.54 Å². The third kappa shape index (κ3) is 7.23. The van der Waals surface area contributed by atoms with Crippen LogP contribution in [0, 0.1) is 0 Å². The summed E-state index contributed by atoms with van der Waals surface area (Å²) in [7, 11) is 0. The molecule has 8 nitrogen and oxygen atoms in total. The summed E-state index contributed by atoms with van der Waals surface area (Å²) in [5, 5.41) is 5.47. The number of hydrogen-bond donors (Lipinski definition) is 0. The highest BCUT2D eigenvalue weighted by molar-refractivity contribution is 5.90. The van der Waals surface area contributed by atoms with Crippen molar-refractivity contribution in [1.29, 1.82) is 0 Å². The highest BCUT2D eigenvalue weighted by Gasteiger charge is 2.32. The Balaban J connectivity index is 1.39. The van der Waals surface area contributed by atoms with Gasteiger partial charge in [-0.15, -0.1) is 0 Å². The van der Waals surface area contributed by atoms with Crippen LogP contribution < -0.4 is 0 Å². The Kier molecular flexibility index (Phi) is 9.23. The van der Waals surface area contributed by atoms with Gasteiger partial charge in [0.25, 0.3) is 0 Å². The van der Waals surface area contributed by atoms with E-state index in [1.54, 1.807) is 0 Å². The lowest BCUT2D eigenvalue weighted by atomic mass is 10.1. The maximum atomic E-state index is 12.2. The number of nitrogens with zero attached hydrogens (tertiary/aromatic N) is 5. The van der Waals surface area contributed by atoms with Gasteiger partial charge in [-0.2, -0.15) is 9.98 Å². The molecule has 0 bridgehead atoms. The van der Waals surface area contributed by atoms with Gasteiger partial charge in [0.2, 0.25) is 11.7 Å². The number of fused-ring (bicyclic) bond motifs is 1. The average molecular weight is 522 g/mol. The first-order chi connectivity index (χ1) is 18.2. The summed E-state index contributed by atoms with van der Waals surface area (Å²) in [6.07, 6.45) is 12.6. The molecule has 0 spiro atoms. The van der Waals surface area contributed by atoms with Crippen LogP contribution in [0.2, 0.25) is 0 Å². The minimum Gasteiger partial charge on any atom is -0.442 e. The van der Waals surface area contributed by atoms with Crippen molar-refractivity contribution in [3.8, 4) is 11.4 Å². The van der Waals surface area contributed by atoms with E-state index in [9.17, 15) is 4.79 Å². The molecule has 0 saturated carbocycles. The smallest absolute Gasteiger partial charge is 0.435 e. The van der Waals surface area contributed by atoms with E-state index in [0.717, 1.165) is 31.5 Å². The first kappa shape index (κ1) is 27.9. The summed E-state index contributed by atoms with van der Waals surface area (Å²) < 4.78 is 13.4. The van der Waals surface area contributed by atoms with Crippen LogP contribution in [0.4, 0.5) is 4.79 Å². The second kappa shape index (κ2) is 12.6. The largest absolute Gasteiger partial charge is 0.442 e. The van der Waals surface area contributed by atoms with Crippen LogP contribution in [-0.2, 0) is 11.3 Å². The molecule has 1 aliphatic heterocycles. The molecule has 1 aromatic carbocycles. The fraction of sp³-hybridized carbons (Fsp3) is 0.600. The molecule has 38 heavy (non-hydrogen) atoms. The topological polar surface area (TPSA) is 85.8 Å². The lowest BCUT2D eigenvalue weighted by Crippen LogP contribution is -2.30. The Morgan fingerprint density at radius 1 is 1.13 bits per heavy atom. The van der Waals surface area contributed by atoms with Gasteiger partial charge < -0.3 is 18.7 Å². The molecule has 1 saturated heterocycles. The zero-order valence-electron chi connectivity index (χ0n) is 23.7. The lowest BCUT2D eigenvalue weighted by molar-refractivity contribution is 0.0601. The van der Waals surface area contributed by atoms with E-state index in [4.69, 9.17) is 14.2 Å². The van der Waals surface area contributed by atoms with Gasteiger partial charge in [0.05, 0.1) is 0 Å². The number of unbranched alkanes of at least 4 members (excludes halogenated alkanes) is 6. The van der Waals surface area contributed by atoms with Gasteiger partial charge in [-0.05, 0) is 71.2 Å². The first-order valence-electron chi connectivity index (χ1n) is 14.2. The molecular formula is C30H43N5O3. The summed E-state index contributed by atoms with van der Waals surface area (Å²) in [5.41, 5.74) is 1.59. The van der Waals surface area contributed by atoms with Crippen LogP contribution in [0.25, 0.3) is 22.3 Å². The fourth-order valence-electron chi connectivity index (χ4n) is 5.15. The number of amides is 1. The number of hydrogen-bond acceptors (Lipinski definition) is 5. The first-order valence-corrected chi connectivity index (χ1v) is 14.2. The molecule has 1 aliphatic rings. The number of benzene rings is 1. The van der Waals surface area contributed by atoms with Gasteiger partial charge in [0, 0.05) is 35.8 Å². The van der Waals surface area contributed by atoms with Gasteiger partial charge in [-0.1, -0.05) is 50.6 Å². The van der Waals surface area contributed by atoms with Crippen molar-refractivity contribution in [2.24, 2.45) is 4.99 Å². The van der Waals surface area contributed by atoms with Crippen LogP contribution in [0.5, 0.6) is 0 Å². The molecule has 2 aromatic heterocycles. The maximum absolute atomic E-state index is 12.2. The number of aryl methyl sites for hydroxylation is 1. The lowest BCUT2D eigenvalue weighted by Gasteiger charge is -2.24. The van der Waals surface area contributed by atoms with E-state index in [1.807, 2.05) is 32.6 Å². The zero-order valence-corrected chi connectivity index (χ0v) is 23.7. The molecule has 206 valence electrons. The minimum absolute atomic E-state index is 0.103. The summed E-state index contributed by atoms with van der Waals surface area (Å²) in [6, 6.07) is 8.42. The van der Waals surface area contributed by atoms with Crippen molar-refractivity contribution >= 4 is 22.8 Å². The van der Waals surface area contributed by atoms with Crippen LogP contribution >= 0.6 is 0 Å². The van der Waals surface area contributed by atoms with E-state index >= 15 is 0 Å². The minimum atomic E-state index is -0.584. The molecule has 1 fully saturated rings. The van der Waals surface area contributed by atoms with Crippen LogP contribution in [0.3, 0.4) is 0 Å². The number of aliphatic imine (C=N–C) groups is 1. The molecule has 1 atom stereocenters. The van der Waals surface area contributed by atoms with Crippen LogP contribution in [-0.4, -0.2) is 43.7 Å². The quantitative estimate of drug-likeness (QED) is 0.153. The summed E-state index contributed by atoms with van der Waals surface area (Å²) in [4.78, 5) is 23.1. The Morgan fingerprint density at radius 2 is 1.89 bits per heavy atom. The number of aromatic nitrogens is 3. The zero-order chi connectivity index (χ0) is 27.1. The number of ether oxygens (including phenoxy) is 1. The number of likely N-dealkylation sites (tertiary alicyclic amines) is 1. The Labute approximate surface area is 226 Å². The molecule has 3 heterocycles. The van der Waals surface area contributed by atoms with Gasteiger partial charge in [-0.25, -0.2) is 4.79 Å². The van der Waals surface area contributed by atoms with Crippen molar-refractivity contribution in [2.45, 2.75) is 111 Å². The van der Waals surface area contributed by atoms with E-state index in [0.29, 0.717) is 17.6 Å². The van der Waals surface area contributed by atoms with E-state index in [-0.39, 0.29) is 6.04 Å². The molecule has 8 heteroatoms. The van der Waals surface area contributed by atoms with Gasteiger partial charge in [0.1, 0.15) is 17.5 Å². The van der Waals surface area contributed by atoms with Gasteiger partial charge in [-0.3, -0.25) is 0 Å². The number of amidine groups is 1. The van der Waals surface area contributed by atoms with Crippen molar-refractivity contribution in [1.82, 2.24) is 19.6 Å². The SMILES string of the molecule is CCCCCCCCCn1ccc2cc(-c3noc([C@@H]4CCCN4C(C)=NC(=O)OC(C)(C)C)n3)ccc21. The van der Waals surface area contributed by atoms with E-state index in [1.165, 1.54) is 55.8 Å². The van der Waals surface area contributed by atoms with Crippen molar-refractivity contribution in [3.05, 3.63) is 36.4 Å². The average Bonchev–Trinajstić information content (AvgIpc) is 3.61. The van der Waals surface area contributed by atoms with Crippen LogP contribution in [0.1, 0.15) is 104 Å². The highest BCUT2D eigenvalue weighted by atomic mass is 16.6. The predicted molar refractivity (Wildman–Crippen MR) is 151 cm³/mol. The van der Waals surface area contributed by atoms with Gasteiger partial charge in [0.15, 0.2) is 0 Å². The third-order valence-corrected chi connectivity index (χ3v) is 7.07. The number of carbonyl (C=O) groups excluding carboxylic acids is 1. The number of carbonyl (C=O) groups is 1. The van der Waals surface area contributed by atoms with E-state index in [2.05, 4.69) is 52.1 Å². The molecule has 0 radical (unpaired) electrons. The summed E-state index contributed by atoms with van der Waals surface area (Å²) in [6.45, 7) is 11.4. The Hall–Kier alpha value is -3.16. The Morgan fingerprint density at radius 3 is 2.66 bits per heavy atom. The maximum Gasteiger partial charge on any atom is 0.435 e. The standard InChI is InChI=1S/C30H43N5O3/c1-6-7-8-9-10-11-12-18-34-20-17-23-21-24(15-16-25(23)34)27-32-28(38-33-27)26-14-13-19-35(26)22(2)31-29(36)37-30(3,4)5/h15-17,20-21,26H,6-14,18-19H2,1-5H3/t26-/m0/s1. The third-order valence-electron chi connectivity index (χ3n) is 7.07. The molecule has 0 N–H and O–H groups in total. The second-order valence-electron chi connectivity index (χ2n) is 11.4. The van der Waals surface area contributed by atoms with Gasteiger partial charge >= 0.3 is 6.09 Å². The molecular weight excluding hydrogens is 478 g/mol. The van der Waals surface area contributed by atoms with Crippen LogP contribution in [0.15, 0.2) is 40.0 Å². The van der Waals surface area contributed by atoms with Crippen molar-refractivity contribution < 1.29 is 14.1 Å². The summed E-state index contributed by atoms with van der Waals surface area (Å²) in [5.74, 6) is 1.73. The number of rotatable bonds is 10. The molecule has 0 aliphatic carbocycles. The molecule has 1 amide bonds. The van der Waals surface area contributed by atoms with Crippen molar-refractivity contribution in [3.63, 3.8) is 0 Å². The summed E-state index contributed by atoms with van der Waals surface area (Å²) >= 11 is 0.